The smallest absolute Gasteiger partial charge is 0.389 e. The number of nitrogens with zero attached hydrogens (tertiary/aromatic N) is 1. The average molecular weight is 276 g/mol. The second-order valence-electron chi connectivity index (χ2n) is 4.34. The Balaban J connectivity index is 2.45. The van der Waals surface area contributed by atoms with Gasteiger partial charge in [0, 0.05) is 18.7 Å². The van der Waals surface area contributed by atoms with Crippen LogP contribution in [0.5, 0.6) is 5.88 Å². The zero-order valence-electron chi connectivity index (χ0n) is 11.1. The monoisotopic (exact) mass is 276 g/mol. The lowest BCUT2D eigenvalue weighted by molar-refractivity contribution is -0.135. The van der Waals surface area contributed by atoms with Gasteiger partial charge in [0.2, 0.25) is 5.88 Å². The summed E-state index contributed by atoms with van der Waals surface area (Å²) in [4.78, 5) is 4.08. The van der Waals surface area contributed by atoms with Crippen LogP contribution in [0.15, 0.2) is 18.3 Å². The molecule has 1 N–H and O–H groups in total. The summed E-state index contributed by atoms with van der Waals surface area (Å²) in [6.07, 6.45) is -2.65. The first kappa shape index (κ1) is 15.6. The van der Waals surface area contributed by atoms with Crippen LogP contribution in [0.25, 0.3) is 0 Å². The van der Waals surface area contributed by atoms with Gasteiger partial charge in [-0.2, -0.15) is 13.2 Å². The Morgan fingerprint density at radius 3 is 2.79 bits per heavy atom. The zero-order chi connectivity index (χ0) is 14.3. The third-order valence-electron chi connectivity index (χ3n) is 2.55. The molecule has 1 unspecified atom stereocenters. The van der Waals surface area contributed by atoms with Crippen molar-refractivity contribution in [2.24, 2.45) is 0 Å². The number of pyridine rings is 1. The molecule has 0 amide bonds. The van der Waals surface area contributed by atoms with Crippen LogP contribution in [-0.4, -0.2) is 23.8 Å². The van der Waals surface area contributed by atoms with Gasteiger partial charge < -0.3 is 10.1 Å². The van der Waals surface area contributed by atoms with Gasteiger partial charge in [0.05, 0.1) is 12.3 Å². The van der Waals surface area contributed by atoms with E-state index in [0.717, 1.165) is 0 Å². The van der Waals surface area contributed by atoms with Crippen molar-refractivity contribution >= 4 is 5.69 Å². The fourth-order valence-corrected chi connectivity index (χ4v) is 1.70. The highest BCUT2D eigenvalue weighted by atomic mass is 19.4. The summed E-state index contributed by atoms with van der Waals surface area (Å²) in [6, 6.07) is 3.50. The quantitative estimate of drug-likeness (QED) is 0.817. The van der Waals surface area contributed by atoms with Crippen molar-refractivity contribution in [1.82, 2.24) is 4.98 Å². The predicted octanol–water partition coefficient (Wildman–Crippen LogP) is 4.01. The summed E-state index contributed by atoms with van der Waals surface area (Å²) in [5.74, 6) is 0.479. The van der Waals surface area contributed by atoms with Gasteiger partial charge in [0.1, 0.15) is 0 Å². The fourth-order valence-electron chi connectivity index (χ4n) is 1.70. The molecule has 1 atom stereocenters. The SMILES string of the molecule is CCOc1ncccc1NC(C)CCCC(F)(F)F. The fraction of sp³-hybridized carbons (Fsp3) is 0.615. The molecule has 0 radical (unpaired) electrons. The van der Waals surface area contributed by atoms with Crippen LogP contribution < -0.4 is 10.1 Å². The normalized spacial score (nSPS) is 13.1. The highest BCUT2D eigenvalue weighted by molar-refractivity contribution is 5.52. The van der Waals surface area contributed by atoms with Gasteiger partial charge in [-0.1, -0.05) is 0 Å². The Bertz CT molecular complexity index is 382. The molecule has 0 saturated carbocycles. The Labute approximate surface area is 111 Å². The van der Waals surface area contributed by atoms with Crippen molar-refractivity contribution in [2.75, 3.05) is 11.9 Å². The van der Waals surface area contributed by atoms with Crippen molar-refractivity contribution in [3.05, 3.63) is 18.3 Å². The summed E-state index contributed by atoms with van der Waals surface area (Å²) >= 11 is 0. The van der Waals surface area contributed by atoms with Gasteiger partial charge in [-0.05, 0) is 38.8 Å². The van der Waals surface area contributed by atoms with E-state index >= 15 is 0 Å². The Morgan fingerprint density at radius 1 is 1.42 bits per heavy atom. The van der Waals surface area contributed by atoms with Crippen molar-refractivity contribution in [3.63, 3.8) is 0 Å². The lowest BCUT2D eigenvalue weighted by atomic mass is 10.1. The molecule has 6 heteroatoms. The number of ether oxygens (including phenoxy) is 1. The highest BCUT2D eigenvalue weighted by Crippen LogP contribution is 2.25. The number of hydrogen-bond acceptors (Lipinski definition) is 3. The van der Waals surface area contributed by atoms with E-state index in [9.17, 15) is 13.2 Å². The summed E-state index contributed by atoms with van der Waals surface area (Å²) in [7, 11) is 0. The lowest BCUT2D eigenvalue weighted by Gasteiger charge is -2.17. The predicted molar refractivity (Wildman–Crippen MR) is 68.4 cm³/mol. The standard InChI is InChI=1S/C13H19F3N2O/c1-3-19-12-11(7-5-9-17-12)18-10(2)6-4-8-13(14,15)16/h5,7,9-10,18H,3-4,6,8H2,1-2H3. The van der Waals surface area contributed by atoms with E-state index in [1.54, 1.807) is 18.3 Å². The molecule has 0 fully saturated rings. The molecule has 1 rings (SSSR count). The zero-order valence-corrected chi connectivity index (χ0v) is 11.1. The molecule has 0 bridgehead atoms. The third kappa shape index (κ3) is 6.31. The molecule has 3 nitrogen and oxygen atoms in total. The molecule has 0 spiro atoms. The van der Waals surface area contributed by atoms with E-state index < -0.39 is 12.6 Å². The molecule has 19 heavy (non-hydrogen) atoms. The van der Waals surface area contributed by atoms with Crippen molar-refractivity contribution in [1.29, 1.82) is 0 Å². The topological polar surface area (TPSA) is 34.1 Å². The first-order valence-electron chi connectivity index (χ1n) is 6.33. The van der Waals surface area contributed by atoms with Gasteiger partial charge >= 0.3 is 6.18 Å². The van der Waals surface area contributed by atoms with Crippen molar-refractivity contribution < 1.29 is 17.9 Å². The Kier molecular flexibility index (Phi) is 5.92. The number of nitrogens with one attached hydrogen (secondary N) is 1. The van der Waals surface area contributed by atoms with Gasteiger partial charge in [-0.3, -0.25) is 0 Å². The van der Waals surface area contributed by atoms with E-state index in [-0.39, 0.29) is 12.5 Å². The molecule has 1 aromatic rings. The van der Waals surface area contributed by atoms with Crippen LogP contribution in [0.4, 0.5) is 18.9 Å². The maximum absolute atomic E-state index is 12.0. The molecule has 0 aromatic carbocycles. The summed E-state index contributed by atoms with van der Waals surface area (Å²) in [6.45, 7) is 4.19. The number of halogens is 3. The second kappa shape index (κ2) is 7.21. The van der Waals surface area contributed by atoms with Crippen molar-refractivity contribution in [2.45, 2.75) is 45.3 Å². The minimum atomic E-state index is -4.08. The van der Waals surface area contributed by atoms with E-state index in [1.165, 1.54) is 0 Å². The van der Waals surface area contributed by atoms with Crippen LogP contribution in [0.2, 0.25) is 0 Å². The van der Waals surface area contributed by atoms with Gasteiger partial charge in [-0.25, -0.2) is 4.98 Å². The number of anilines is 1. The molecule has 0 aliphatic heterocycles. The van der Waals surface area contributed by atoms with Crippen LogP contribution in [0.1, 0.15) is 33.1 Å². The second-order valence-corrected chi connectivity index (χ2v) is 4.34. The number of hydrogen-bond donors (Lipinski definition) is 1. The average Bonchev–Trinajstić information content (AvgIpc) is 2.30. The lowest BCUT2D eigenvalue weighted by Crippen LogP contribution is -2.17. The van der Waals surface area contributed by atoms with Crippen LogP contribution in [0, 0.1) is 0 Å². The number of rotatable bonds is 7. The Morgan fingerprint density at radius 2 is 2.16 bits per heavy atom. The van der Waals surface area contributed by atoms with E-state index in [4.69, 9.17) is 4.74 Å². The van der Waals surface area contributed by atoms with E-state index in [1.807, 2.05) is 13.8 Å². The van der Waals surface area contributed by atoms with Gasteiger partial charge in [-0.15, -0.1) is 0 Å². The molecule has 1 heterocycles. The van der Waals surface area contributed by atoms with Gasteiger partial charge in [0.25, 0.3) is 0 Å². The van der Waals surface area contributed by atoms with Crippen molar-refractivity contribution in [3.8, 4) is 5.88 Å². The molecular weight excluding hydrogens is 257 g/mol. The number of aromatic nitrogens is 1. The molecule has 108 valence electrons. The molecule has 1 aromatic heterocycles. The van der Waals surface area contributed by atoms with E-state index in [0.29, 0.717) is 24.6 Å². The summed E-state index contributed by atoms with van der Waals surface area (Å²) in [5, 5.41) is 3.13. The van der Waals surface area contributed by atoms with Gasteiger partial charge in [0.15, 0.2) is 0 Å². The maximum atomic E-state index is 12.0. The summed E-state index contributed by atoms with van der Waals surface area (Å²) < 4.78 is 41.5. The van der Waals surface area contributed by atoms with Crippen LogP contribution in [-0.2, 0) is 0 Å². The maximum Gasteiger partial charge on any atom is 0.389 e. The summed E-state index contributed by atoms with van der Waals surface area (Å²) in [5.41, 5.74) is 0.712. The third-order valence-corrected chi connectivity index (χ3v) is 2.55. The molecular formula is C13H19F3N2O. The van der Waals surface area contributed by atoms with E-state index in [2.05, 4.69) is 10.3 Å². The minimum Gasteiger partial charge on any atom is -0.476 e. The van der Waals surface area contributed by atoms with Crippen LogP contribution in [0.3, 0.4) is 0 Å². The molecule has 0 saturated heterocycles. The largest absolute Gasteiger partial charge is 0.476 e. The van der Waals surface area contributed by atoms with Crippen LogP contribution >= 0.6 is 0 Å². The Hall–Kier alpha value is -1.46. The first-order valence-corrected chi connectivity index (χ1v) is 6.33. The number of alkyl halides is 3. The molecule has 0 aliphatic rings. The highest BCUT2D eigenvalue weighted by Gasteiger charge is 2.26. The molecule has 0 aliphatic carbocycles. The minimum absolute atomic E-state index is 0.0641. The first-order chi connectivity index (χ1) is 8.92.